The van der Waals surface area contributed by atoms with Crippen LogP contribution in [0, 0.1) is 6.92 Å². The number of carboxylic acids is 1. The zero-order valence-corrected chi connectivity index (χ0v) is 13.6. The number of nitrogens with two attached hydrogens (primary N) is 1. The predicted molar refractivity (Wildman–Crippen MR) is 76.9 cm³/mol. The third kappa shape index (κ3) is 4.54. The van der Waals surface area contributed by atoms with Crippen LogP contribution in [-0.2, 0) is 19.6 Å². The Balaban J connectivity index is 2.91. The molecule has 4 N–H and O–H groups in total. The number of halogens is 1. The van der Waals surface area contributed by atoms with Gasteiger partial charge in [-0.05, 0) is 40.9 Å². The van der Waals surface area contributed by atoms with E-state index >= 15 is 0 Å². The Morgan fingerprint density at radius 1 is 1.55 bits per heavy atom. The van der Waals surface area contributed by atoms with Crippen LogP contribution in [0.4, 0.5) is 0 Å². The molecule has 1 aromatic heterocycles. The zero-order chi connectivity index (χ0) is 15.5. The number of sulfonamides is 1. The van der Waals surface area contributed by atoms with Crippen molar-refractivity contribution >= 4 is 49.2 Å². The van der Waals surface area contributed by atoms with E-state index in [9.17, 15) is 18.0 Å². The number of carboxylic acid groups (broad SMARTS) is 1. The molecule has 112 valence electrons. The monoisotopic (exact) mass is 384 g/mol. The minimum absolute atomic E-state index is 0.00667. The summed E-state index contributed by atoms with van der Waals surface area (Å²) in [5, 5.41) is 8.97. The van der Waals surface area contributed by atoms with Gasteiger partial charge >= 0.3 is 5.97 Å². The van der Waals surface area contributed by atoms with Crippen LogP contribution in [0.15, 0.2) is 14.1 Å². The average Bonchev–Trinajstić information content (AvgIpc) is 2.65. The van der Waals surface area contributed by atoms with Crippen molar-refractivity contribution in [2.75, 3.05) is 0 Å². The Hall–Kier alpha value is -0.970. The summed E-state index contributed by atoms with van der Waals surface area (Å²) in [4.78, 5) is 21.7. The van der Waals surface area contributed by atoms with Gasteiger partial charge in [0.15, 0.2) is 0 Å². The van der Waals surface area contributed by atoms with Crippen LogP contribution in [0.25, 0.3) is 0 Å². The number of nitrogens with one attached hydrogen (secondary N) is 1. The summed E-state index contributed by atoms with van der Waals surface area (Å²) in [5.41, 5.74) is 5.66. The van der Waals surface area contributed by atoms with Crippen LogP contribution in [-0.4, -0.2) is 31.4 Å². The van der Waals surface area contributed by atoms with Gasteiger partial charge < -0.3 is 10.8 Å². The number of aliphatic carboxylic acids is 1. The van der Waals surface area contributed by atoms with E-state index in [1.54, 1.807) is 6.92 Å². The van der Waals surface area contributed by atoms with E-state index in [-0.39, 0.29) is 17.1 Å². The van der Waals surface area contributed by atoms with Gasteiger partial charge in [0.2, 0.25) is 5.91 Å². The van der Waals surface area contributed by atoms with Crippen molar-refractivity contribution < 1.29 is 23.1 Å². The van der Waals surface area contributed by atoms with E-state index in [2.05, 4.69) is 20.7 Å². The molecule has 0 bridgehead atoms. The highest BCUT2D eigenvalue weighted by atomic mass is 79.9. The summed E-state index contributed by atoms with van der Waals surface area (Å²) in [5.74, 6) is -2.05. The maximum atomic E-state index is 12.1. The first kappa shape index (κ1) is 17.1. The molecule has 1 amide bonds. The largest absolute Gasteiger partial charge is 0.480 e. The lowest BCUT2D eigenvalue weighted by Crippen LogP contribution is -2.41. The van der Waals surface area contributed by atoms with Gasteiger partial charge in [0.05, 0.1) is 3.79 Å². The number of amides is 1. The fourth-order valence-corrected chi connectivity index (χ4v) is 4.79. The van der Waals surface area contributed by atoms with Gasteiger partial charge in [-0.3, -0.25) is 9.59 Å². The number of aryl methyl sites for hydroxylation is 1. The average molecular weight is 385 g/mol. The van der Waals surface area contributed by atoms with Gasteiger partial charge in [0.1, 0.15) is 10.3 Å². The minimum Gasteiger partial charge on any atom is -0.480 e. The van der Waals surface area contributed by atoms with Gasteiger partial charge in [-0.1, -0.05) is 0 Å². The zero-order valence-electron chi connectivity index (χ0n) is 10.4. The molecule has 0 aliphatic carbocycles. The summed E-state index contributed by atoms with van der Waals surface area (Å²) in [6.07, 6.45) is -0.415. The van der Waals surface area contributed by atoms with Crippen molar-refractivity contribution in [3.05, 3.63) is 15.4 Å². The maximum absolute atomic E-state index is 12.1. The van der Waals surface area contributed by atoms with Crippen LogP contribution >= 0.6 is 27.3 Å². The van der Waals surface area contributed by atoms with Gasteiger partial charge in [0.25, 0.3) is 10.0 Å². The lowest BCUT2D eigenvalue weighted by molar-refractivity contribution is -0.139. The van der Waals surface area contributed by atoms with Crippen LogP contribution in [0.5, 0.6) is 0 Å². The number of carbonyl (C=O) groups is 2. The molecule has 20 heavy (non-hydrogen) atoms. The van der Waals surface area contributed by atoms with Crippen molar-refractivity contribution in [1.82, 2.24) is 4.72 Å². The van der Waals surface area contributed by atoms with E-state index < -0.39 is 27.9 Å². The van der Waals surface area contributed by atoms with Gasteiger partial charge in [-0.15, -0.1) is 11.3 Å². The summed E-state index contributed by atoms with van der Waals surface area (Å²) < 4.78 is 26.8. The number of hydrogen-bond donors (Lipinski definition) is 3. The van der Waals surface area contributed by atoms with Crippen LogP contribution in [0.3, 0.4) is 0 Å². The molecule has 0 radical (unpaired) electrons. The maximum Gasteiger partial charge on any atom is 0.321 e. The first-order valence-electron chi connectivity index (χ1n) is 5.43. The second kappa shape index (κ2) is 6.66. The Bertz CT molecular complexity index is 606. The van der Waals surface area contributed by atoms with Gasteiger partial charge in [-0.2, -0.15) is 4.72 Å². The molecule has 0 saturated heterocycles. The summed E-state index contributed by atoms with van der Waals surface area (Å²) in [6, 6.07) is 0.0399. The molecule has 0 aliphatic heterocycles. The first-order valence-corrected chi connectivity index (χ1v) is 8.52. The lowest BCUT2D eigenvalue weighted by Gasteiger charge is -2.12. The Morgan fingerprint density at radius 3 is 2.55 bits per heavy atom. The normalized spacial score (nSPS) is 13.1. The molecular weight excluding hydrogens is 372 g/mol. The molecule has 1 rings (SSSR count). The molecule has 1 heterocycles. The second-order valence-corrected chi connectivity index (χ2v) is 8.35. The minimum atomic E-state index is -3.95. The fraction of sp³-hybridized carbons (Fsp3) is 0.400. The molecule has 0 unspecified atom stereocenters. The first-order chi connectivity index (χ1) is 9.13. The van der Waals surface area contributed by atoms with E-state index in [4.69, 9.17) is 10.8 Å². The Kier molecular flexibility index (Phi) is 5.68. The van der Waals surface area contributed by atoms with Gasteiger partial charge in [-0.25, -0.2) is 8.42 Å². The highest BCUT2D eigenvalue weighted by Gasteiger charge is 2.27. The summed E-state index contributed by atoms with van der Waals surface area (Å²) >= 11 is 4.18. The van der Waals surface area contributed by atoms with Crippen molar-refractivity contribution in [2.24, 2.45) is 5.73 Å². The number of hydrogen-bond acceptors (Lipinski definition) is 5. The molecule has 0 fully saturated rings. The quantitative estimate of drug-likeness (QED) is 0.640. The molecule has 0 spiro atoms. The van der Waals surface area contributed by atoms with E-state index in [1.807, 2.05) is 0 Å². The highest BCUT2D eigenvalue weighted by Crippen LogP contribution is 2.30. The third-order valence-corrected chi connectivity index (χ3v) is 6.46. The molecule has 0 aliphatic rings. The van der Waals surface area contributed by atoms with E-state index in [0.29, 0.717) is 3.79 Å². The third-order valence-electron chi connectivity index (χ3n) is 2.37. The fourth-order valence-electron chi connectivity index (χ4n) is 1.33. The van der Waals surface area contributed by atoms with Crippen LogP contribution in [0.2, 0.25) is 0 Å². The van der Waals surface area contributed by atoms with Gasteiger partial charge in [0, 0.05) is 6.42 Å². The smallest absolute Gasteiger partial charge is 0.321 e. The molecule has 7 nitrogen and oxygen atoms in total. The lowest BCUT2D eigenvalue weighted by atomic mass is 10.2. The molecule has 10 heteroatoms. The summed E-state index contributed by atoms with van der Waals surface area (Å²) in [6.45, 7) is 1.72. The SMILES string of the molecule is Cc1cc(S(=O)(=O)N[C@@H](CCC(N)=O)C(=O)O)sc1Br. The Labute approximate surface area is 128 Å². The van der Waals surface area contributed by atoms with Crippen LogP contribution in [0.1, 0.15) is 18.4 Å². The van der Waals surface area contributed by atoms with Crippen LogP contribution < -0.4 is 10.5 Å². The van der Waals surface area contributed by atoms with Crippen molar-refractivity contribution in [2.45, 2.75) is 30.0 Å². The second-order valence-electron chi connectivity index (χ2n) is 4.04. The van der Waals surface area contributed by atoms with E-state index in [1.165, 1.54) is 6.07 Å². The Morgan fingerprint density at radius 2 is 2.15 bits per heavy atom. The topological polar surface area (TPSA) is 127 Å². The molecule has 0 aromatic carbocycles. The summed E-state index contributed by atoms with van der Waals surface area (Å²) in [7, 11) is -3.95. The number of rotatable bonds is 7. The number of thiophene rings is 1. The van der Waals surface area contributed by atoms with Crippen molar-refractivity contribution in [3.8, 4) is 0 Å². The van der Waals surface area contributed by atoms with Crippen molar-refractivity contribution in [3.63, 3.8) is 0 Å². The van der Waals surface area contributed by atoms with E-state index in [0.717, 1.165) is 16.9 Å². The number of primary amides is 1. The molecule has 0 saturated carbocycles. The highest BCUT2D eigenvalue weighted by molar-refractivity contribution is 9.11. The number of carbonyl (C=O) groups excluding carboxylic acids is 1. The molecule has 1 atom stereocenters. The molecular formula is C10H13BrN2O5S2. The predicted octanol–water partition coefficient (Wildman–Crippen LogP) is 0.816. The standard InChI is InChI=1S/C10H13BrN2O5S2/c1-5-4-8(19-9(5)11)20(17,18)13-6(10(15)16)2-3-7(12)14/h4,6,13H,2-3H2,1H3,(H2,12,14)(H,15,16)/t6-/m0/s1. The molecule has 1 aromatic rings. The van der Waals surface area contributed by atoms with Crippen molar-refractivity contribution in [1.29, 1.82) is 0 Å².